The highest BCUT2D eigenvalue weighted by Gasteiger charge is 2.20. The van der Waals surface area contributed by atoms with E-state index in [0.717, 1.165) is 31.0 Å². The molecule has 1 saturated heterocycles. The summed E-state index contributed by atoms with van der Waals surface area (Å²) in [6, 6.07) is 2.47. The fourth-order valence-corrected chi connectivity index (χ4v) is 2.07. The molecule has 16 heavy (non-hydrogen) atoms. The maximum atomic E-state index is 5.84. The van der Waals surface area contributed by atoms with Gasteiger partial charge in [0.2, 0.25) is 5.28 Å². The zero-order valence-electron chi connectivity index (χ0n) is 9.40. The van der Waals surface area contributed by atoms with Crippen LogP contribution in [-0.4, -0.2) is 36.1 Å². The van der Waals surface area contributed by atoms with E-state index in [1.54, 1.807) is 0 Å². The molecule has 0 bridgehead atoms. The molecule has 0 aromatic carbocycles. The number of aromatic nitrogens is 2. The Morgan fingerprint density at radius 3 is 2.81 bits per heavy atom. The van der Waals surface area contributed by atoms with Crippen molar-refractivity contribution in [2.75, 3.05) is 25.0 Å². The molecule has 0 spiro atoms. The van der Waals surface area contributed by atoms with Gasteiger partial charge in [-0.25, -0.2) is 9.97 Å². The van der Waals surface area contributed by atoms with E-state index < -0.39 is 0 Å². The minimum absolute atomic E-state index is 0. The second-order valence-corrected chi connectivity index (χ2v) is 4.23. The van der Waals surface area contributed by atoms with Crippen molar-refractivity contribution in [1.29, 1.82) is 0 Å². The van der Waals surface area contributed by atoms with Crippen molar-refractivity contribution in [3.8, 4) is 0 Å². The van der Waals surface area contributed by atoms with Gasteiger partial charge in [0.05, 0.1) is 0 Å². The van der Waals surface area contributed by atoms with Gasteiger partial charge in [-0.05, 0) is 31.5 Å². The Kier molecular flexibility index (Phi) is 4.77. The van der Waals surface area contributed by atoms with E-state index in [1.165, 1.54) is 0 Å². The molecule has 4 nitrogen and oxygen atoms in total. The van der Waals surface area contributed by atoms with Crippen LogP contribution in [0.2, 0.25) is 5.28 Å². The van der Waals surface area contributed by atoms with Crippen molar-refractivity contribution in [3.05, 3.63) is 17.0 Å². The first-order valence-corrected chi connectivity index (χ1v) is 5.49. The molecular formula is C10H16Cl2N4. The van der Waals surface area contributed by atoms with E-state index in [0.29, 0.717) is 11.3 Å². The van der Waals surface area contributed by atoms with E-state index in [2.05, 4.69) is 27.2 Å². The highest BCUT2D eigenvalue weighted by atomic mass is 35.5. The lowest BCUT2D eigenvalue weighted by molar-refractivity contribution is 0.676. The lowest BCUT2D eigenvalue weighted by Gasteiger charge is -2.24. The van der Waals surface area contributed by atoms with Gasteiger partial charge in [-0.15, -0.1) is 12.4 Å². The Balaban J connectivity index is 0.00000128. The molecule has 1 aromatic heterocycles. The van der Waals surface area contributed by atoms with Crippen LogP contribution in [0.4, 0.5) is 5.82 Å². The van der Waals surface area contributed by atoms with Crippen LogP contribution < -0.4 is 10.2 Å². The van der Waals surface area contributed by atoms with Crippen molar-refractivity contribution < 1.29 is 0 Å². The molecule has 6 heteroatoms. The summed E-state index contributed by atoms with van der Waals surface area (Å²) in [5.74, 6) is 0.904. The van der Waals surface area contributed by atoms with Crippen LogP contribution in [0.3, 0.4) is 0 Å². The number of rotatable bonds is 2. The summed E-state index contributed by atoms with van der Waals surface area (Å²) >= 11 is 5.84. The van der Waals surface area contributed by atoms with Crippen molar-refractivity contribution >= 4 is 29.8 Å². The molecule has 0 radical (unpaired) electrons. The standard InChI is InChI=1S/C10H15ClN4.ClH/c1-7-5-9(14-10(11)13-7)15(2)8-3-4-12-6-8;/h5,8,12H,3-4,6H2,1-2H3;1H/t8-;/m1./s1. The third kappa shape index (κ3) is 2.97. The average molecular weight is 263 g/mol. The molecule has 0 amide bonds. The van der Waals surface area contributed by atoms with Crippen molar-refractivity contribution in [2.45, 2.75) is 19.4 Å². The molecule has 1 N–H and O–H groups in total. The van der Waals surface area contributed by atoms with Gasteiger partial charge < -0.3 is 10.2 Å². The number of hydrogen-bond acceptors (Lipinski definition) is 4. The fourth-order valence-electron chi connectivity index (χ4n) is 1.85. The van der Waals surface area contributed by atoms with Crippen LogP contribution in [0.5, 0.6) is 0 Å². The van der Waals surface area contributed by atoms with E-state index >= 15 is 0 Å². The number of aryl methyl sites for hydroxylation is 1. The first-order chi connectivity index (χ1) is 7.16. The molecule has 1 aromatic rings. The van der Waals surface area contributed by atoms with Crippen molar-refractivity contribution in [3.63, 3.8) is 0 Å². The zero-order chi connectivity index (χ0) is 10.8. The lowest BCUT2D eigenvalue weighted by atomic mass is 10.2. The van der Waals surface area contributed by atoms with E-state index in [-0.39, 0.29) is 12.4 Å². The molecule has 1 aliphatic heterocycles. The molecule has 90 valence electrons. The van der Waals surface area contributed by atoms with Gasteiger partial charge in [-0.2, -0.15) is 0 Å². The van der Waals surface area contributed by atoms with Gasteiger partial charge in [-0.3, -0.25) is 0 Å². The molecule has 0 unspecified atom stereocenters. The first kappa shape index (κ1) is 13.5. The third-order valence-electron chi connectivity index (χ3n) is 2.76. The maximum Gasteiger partial charge on any atom is 0.224 e. The summed E-state index contributed by atoms with van der Waals surface area (Å²) in [5.41, 5.74) is 0.905. The van der Waals surface area contributed by atoms with Crippen molar-refractivity contribution in [1.82, 2.24) is 15.3 Å². The second-order valence-electron chi connectivity index (χ2n) is 3.89. The highest BCUT2D eigenvalue weighted by molar-refractivity contribution is 6.28. The monoisotopic (exact) mass is 262 g/mol. The van der Waals surface area contributed by atoms with Crippen LogP contribution in [0.1, 0.15) is 12.1 Å². The topological polar surface area (TPSA) is 41.0 Å². The van der Waals surface area contributed by atoms with E-state index in [9.17, 15) is 0 Å². The Labute approximate surface area is 107 Å². The Bertz CT molecular complexity index is 332. The minimum atomic E-state index is 0. The van der Waals surface area contributed by atoms with E-state index in [1.807, 2.05) is 13.0 Å². The molecule has 1 aliphatic rings. The van der Waals surface area contributed by atoms with Crippen molar-refractivity contribution in [2.24, 2.45) is 0 Å². The lowest BCUT2D eigenvalue weighted by Crippen LogP contribution is -2.34. The predicted octanol–water partition coefficient (Wildman–Crippen LogP) is 1.66. The molecule has 1 fully saturated rings. The Morgan fingerprint density at radius 2 is 2.25 bits per heavy atom. The van der Waals surface area contributed by atoms with Gasteiger partial charge in [0.1, 0.15) is 5.82 Å². The number of nitrogens with zero attached hydrogens (tertiary/aromatic N) is 3. The van der Waals surface area contributed by atoms with Crippen LogP contribution in [0.25, 0.3) is 0 Å². The first-order valence-electron chi connectivity index (χ1n) is 5.11. The Morgan fingerprint density at radius 1 is 1.50 bits per heavy atom. The minimum Gasteiger partial charge on any atom is -0.355 e. The molecule has 0 aliphatic carbocycles. The number of halogens is 2. The SMILES string of the molecule is Cc1cc(N(C)[C@@H]2CCNC2)nc(Cl)n1.Cl. The normalized spacial score (nSPS) is 19.3. The molecule has 2 heterocycles. The van der Waals surface area contributed by atoms with Gasteiger partial charge in [0.15, 0.2) is 0 Å². The Hall–Kier alpha value is -0.580. The summed E-state index contributed by atoms with van der Waals surface area (Å²) in [6.45, 7) is 4.02. The second kappa shape index (κ2) is 5.66. The average Bonchev–Trinajstić information content (AvgIpc) is 2.67. The quantitative estimate of drug-likeness (QED) is 0.824. The summed E-state index contributed by atoms with van der Waals surface area (Å²) in [6.07, 6.45) is 1.15. The maximum absolute atomic E-state index is 5.84. The number of likely N-dealkylation sites (N-methyl/N-ethyl adjacent to an activating group) is 1. The zero-order valence-corrected chi connectivity index (χ0v) is 11.0. The van der Waals surface area contributed by atoms with Gasteiger partial charge in [0, 0.05) is 31.4 Å². The molecule has 1 atom stereocenters. The summed E-state index contributed by atoms with van der Waals surface area (Å²) in [7, 11) is 2.05. The number of nitrogens with one attached hydrogen (secondary N) is 1. The molecule has 0 saturated carbocycles. The van der Waals surface area contributed by atoms with Crippen LogP contribution >= 0.6 is 24.0 Å². The smallest absolute Gasteiger partial charge is 0.224 e. The van der Waals surface area contributed by atoms with E-state index in [4.69, 9.17) is 11.6 Å². The number of anilines is 1. The summed E-state index contributed by atoms with van der Waals surface area (Å²) in [4.78, 5) is 10.5. The summed E-state index contributed by atoms with van der Waals surface area (Å²) < 4.78 is 0. The third-order valence-corrected chi connectivity index (χ3v) is 2.93. The van der Waals surface area contributed by atoms with Gasteiger partial charge in [-0.1, -0.05) is 0 Å². The number of hydrogen-bond donors (Lipinski definition) is 1. The summed E-state index contributed by atoms with van der Waals surface area (Å²) in [5, 5.41) is 3.66. The van der Waals surface area contributed by atoms with Crippen LogP contribution in [0.15, 0.2) is 6.07 Å². The molecule has 2 rings (SSSR count). The largest absolute Gasteiger partial charge is 0.355 e. The van der Waals surface area contributed by atoms with Crippen LogP contribution in [-0.2, 0) is 0 Å². The predicted molar refractivity (Wildman–Crippen MR) is 68.7 cm³/mol. The van der Waals surface area contributed by atoms with Crippen LogP contribution in [0, 0.1) is 6.92 Å². The highest BCUT2D eigenvalue weighted by Crippen LogP contribution is 2.18. The molecular weight excluding hydrogens is 247 g/mol. The fraction of sp³-hybridized carbons (Fsp3) is 0.600. The van der Waals surface area contributed by atoms with Gasteiger partial charge >= 0.3 is 0 Å². The van der Waals surface area contributed by atoms with Gasteiger partial charge in [0.25, 0.3) is 0 Å².